The molecule has 0 bridgehead atoms. The molecule has 0 heterocycles. The maximum Gasteiger partial charge on any atom is 0.0714 e. The Morgan fingerprint density at radius 3 is 1.76 bits per heavy atom. The normalized spacial score (nSPS) is 15.9. The molecule has 0 spiro atoms. The van der Waals surface area contributed by atoms with Crippen LogP contribution in [0, 0.1) is 0 Å². The maximum absolute atomic E-state index is 2.66. The van der Waals surface area contributed by atoms with E-state index in [4.69, 9.17) is 0 Å². The van der Waals surface area contributed by atoms with Crippen molar-refractivity contribution in [3.05, 3.63) is 249 Å². The first kappa shape index (κ1) is 42.4. The van der Waals surface area contributed by atoms with Crippen LogP contribution >= 0.6 is 0 Å². The summed E-state index contributed by atoms with van der Waals surface area (Å²) in [5.41, 5.74) is 26.8. The Morgan fingerprint density at radius 2 is 1.03 bits per heavy atom. The molecule has 0 saturated carbocycles. The van der Waals surface area contributed by atoms with Crippen molar-refractivity contribution >= 4 is 22.6 Å². The molecule has 0 aromatic heterocycles. The van der Waals surface area contributed by atoms with E-state index in [2.05, 4.69) is 248 Å². The average molecular weight is 880 g/mol. The Labute approximate surface area is 404 Å². The molecule has 1 heteroatoms. The minimum absolute atomic E-state index is 0.0535. The van der Waals surface area contributed by atoms with E-state index in [1.54, 1.807) is 0 Å². The highest BCUT2D eigenvalue weighted by atomic mass is 15.1. The summed E-state index contributed by atoms with van der Waals surface area (Å²) in [5.74, 6) is 0. The third kappa shape index (κ3) is 6.27. The van der Waals surface area contributed by atoms with Crippen molar-refractivity contribution in [2.24, 2.45) is 0 Å². The molecule has 8 aromatic rings. The van der Waals surface area contributed by atoms with Gasteiger partial charge in [0.2, 0.25) is 0 Å². The van der Waals surface area contributed by atoms with Crippen LogP contribution in [0.1, 0.15) is 124 Å². The van der Waals surface area contributed by atoms with Crippen LogP contribution in [0.25, 0.3) is 39.0 Å². The largest absolute Gasteiger partial charge is 0.309 e. The molecule has 0 saturated heterocycles. The van der Waals surface area contributed by atoms with Crippen LogP contribution in [0.15, 0.2) is 194 Å². The summed E-state index contributed by atoms with van der Waals surface area (Å²) >= 11 is 0. The molecule has 0 N–H and O–H groups in total. The van der Waals surface area contributed by atoms with E-state index in [9.17, 15) is 0 Å². The predicted molar refractivity (Wildman–Crippen MR) is 288 cm³/mol. The summed E-state index contributed by atoms with van der Waals surface area (Å²) in [6, 6.07) is 67.9. The van der Waals surface area contributed by atoms with Crippen molar-refractivity contribution in [2.45, 2.75) is 96.3 Å². The Morgan fingerprint density at radius 1 is 0.441 bits per heavy atom. The number of rotatable bonds is 6. The molecule has 12 rings (SSSR count). The number of anilines is 3. The van der Waals surface area contributed by atoms with Crippen LogP contribution in [0.4, 0.5) is 17.1 Å². The van der Waals surface area contributed by atoms with Crippen LogP contribution in [0.5, 0.6) is 0 Å². The van der Waals surface area contributed by atoms with Crippen molar-refractivity contribution < 1.29 is 0 Å². The van der Waals surface area contributed by atoms with Gasteiger partial charge < -0.3 is 4.90 Å². The third-order valence-electron chi connectivity index (χ3n) is 15.9. The second kappa shape index (κ2) is 15.3. The monoisotopic (exact) mass is 879 g/mol. The lowest BCUT2D eigenvalue weighted by atomic mass is 9.66. The van der Waals surface area contributed by atoms with Gasteiger partial charge in [0.15, 0.2) is 0 Å². The van der Waals surface area contributed by atoms with Crippen molar-refractivity contribution in [3.8, 4) is 33.4 Å². The summed E-state index contributed by atoms with van der Waals surface area (Å²) in [4.78, 5) is 2.66. The van der Waals surface area contributed by atoms with Gasteiger partial charge in [-0.05, 0) is 143 Å². The average Bonchev–Trinajstić information content (AvgIpc) is 3.96. The van der Waals surface area contributed by atoms with Crippen LogP contribution < -0.4 is 4.90 Å². The van der Waals surface area contributed by atoms with E-state index in [1.165, 1.54) is 112 Å². The molecule has 0 radical (unpaired) electrons. The molecule has 0 aliphatic heterocycles. The number of hydrogen-bond donors (Lipinski definition) is 0. The minimum atomic E-state index is -0.587. The van der Waals surface area contributed by atoms with Crippen molar-refractivity contribution in [1.82, 2.24) is 0 Å². The summed E-state index contributed by atoms with van der Waals surface area (Å²) in [7, 11) is 0. The van der Waals surface area contributed by atoms with Crippen LogP contribution in [-0.4, -0.2) is 0 Å². The van der Waals surface area contributed by atoms with E-state index >= 15 is 0 Å². The molecule has 0 amide bonds. The van der Waals surface area contributed by atoms with Crippen molar-refractivity contribution in [2.75, 3.05) is 4.90 Å². The standard InChI is InChI=1S/C67H61N/c1-64(2,3)47-36-37-54-58(40-47)67(45-24-11-9-12-25-45,46-26-13-10-14-27-46)59-41-48(65(4,5)6)42-61(63(54)59)68(60-35-21-34-57-62(60)53-30-17-18-33-56(53)66(57,7)8)49-28-19-23-43(38-49)51-31-20-32-52-50-29-16-15-22-44(50)39-55(51)52/h9-14,17-38,40-42H,15-16,39H2,1-8H3. The van der Waals surface area contributed by atoms with Gasteiger partial charge in [-0.3, -0.25) is 0 Å². The van der Waals surface area contributed by atoms with E-state index in [1.807, 2.05) is 0 Å². The Kier molecular flexibility index (Phi) is 9.53. The van der Waals surface area contributed by atoms with Crippen LogP contribution in [0.2, 0.25) is 0 Å². The topological polar surface area (TPSA) is 3.24 Å². The Balaban J connectivity index is 1.22. The number of hydrogen-bond acceptors (Lipinski definition) is 1. The van der Waals surface area contributed by atoms with Gasteiger partial charge in [-0.15, -0.1) is 0 Å². The zero-order valence-corrected chi connectivity index (χ0v) is 41.0. The van der Waals surface area contributed by atoms with E-state index < -0.39 is 5.41 Å². The van der Waals surface area contributed by atoms with Gasteiger partial charge in [0, 0.05) is 22.2 Å². The van der Waals surface area contributed by atoms with Gasteiger partial charge in [0.25, 0.3) is 0 Å². The second-order valence-corrected chi connectivity index (χ2v) is 22.3. The number of allylic oxidation sites excluding steroid dienone is 4. The highest BCUT2D eigenvalue weighted by Gasteiger charge is 2.49. The molecule has 0 atom stereocenters. The first-order chi connectivity index (χ1) is 32.8. The summed E-state index contributed by atoms with van der Waals surface area (Å²) in [6.07, 6.45) is 8.17. The lowest BCUT2D eigenvalue weighted by Gasteiger charge is -2.37. The first-order valence-corrected chi connectivity index (χ1v) is 24.9. The fourth-order valence-electron chi connectivity index (χ4n) is 12.5. The minimum Gasteiger partial charge on any atom is -0.309 e. The van der Waals surface area contributed by atoms with Crippen LogP contribution in [-0.2, 0) is 28.1 Å². The first-order valence-electron chi connectivity index (χ1n) is 24.9. The van der Waals surface area contributed by atoms with Crippen molar-refractivity contribution in [3.63, 3.8) is 0 Å². The summed E-state index contributed by atoms with van der Waals surface area (Å²) in [6.45, 7) is 19.0. The molecule has 8 aromatic carbocycles. The van der Waals surface area contributed by atoms with E-state index in [0.29, 0.717) is 0 Å². The van der Waals surface area contributed by atoms with Crippen molar-refractivity contribution in [1.29, 1.82) is 0 Å². The zero-order valence-electron chi connectivity index (χ0n) is 41.0. The maximum atomic E-state index is 2.66. The molecular formula is C67H61N. The quantitative estimate of drug-likeness (QED) is 0.161. The van der Waals surface area contributed by atoms with Gasteiger partial charge in [-0.25, -0.2) is 0 Å². The van der Waals surface area contributed by atoms with Gasteiger partial charge in [-0.2, -0.15) is 0 Å². The zero-order chi connectivity index (χ0) is 46.7. The van der Waals surface area contributed by atoms with Gasteiger partial charge in [0.1, 0.15) is 0 Å². The molecular weight excluding hydrogens is 819 g/mol. The molecule has 1 nitrogen and oxygen atoms in total. The third-order valence-corrected chi connectivity index (χ3v) is 15.9. The summed E-state index contributed by atoms with van der Waals surface area (Å²) < 4.78 is 0. The number of fused-ring (bicyclic) bond motifs is 9. The number of nitrogens with zero attached hydrogens (tertiary/aromatic N) is 1. The lowest BCUT2D eigenvalue weighted by molar-refractivity contribution is 0.586. The fourth-order valence-corrected chi connectivity index (χ4v) is 12.5. The molecule has 0 fully saturated rings. The number of benzene rings is 8. The molecule has 334 valence electrons. The lowest BCUT2D eigenvalue weighted by Crippen LogP contribution is -2.30. The fraction of sp³-hybridized carbons (Fsp3) is 0.224. The van der Waals surface area contributed by atoms with E-state index in [-0.39, 0.29) is 16.2 Å². The highest BCUT2D eigenvalue weighted by molar-refractivity contribution is 6.02. The molecule has 68 heavy (non-hydrogen) atoms. The molecule has 0 unspecified atom stereocenters. The summed E-state index contributed by atoms with van der Waals surface area (Å²) in [5, 5.41) is 0. The van der Waals surface area contributed by atoms with Gasteiger partial charge in [0.05, 0.1) is 16.8 Å². The molecule has 4 aliphatic rings. The second-order valence-electron chi connectivity index (χ2n) is 22.3. The van der Waals surface area contributed by atoms with Crippen LogP contribution in [0.3, 0.4) is 0 Å². The smallest absolute Gasteiger partial charge is 0.0714 e. The van der Waals surface area contributed by atoms with Gasteiger partial charge >= 0.3 is 0 Å². The SMILES string of the molecule is CC(C)(C)c1ccc2c(c1)C(c1ccccc1)(c1ccccc1)c1cc(C(C)(C)C)cc(N(c3cccc(-c4cccc5c4CC4=CCCC=C45)c3)c3cccc4c3-c3ccccc3C4(C)C)c1-2. The highest BCUT2D eigenvalue weighted by Crippen LogP contribution is 2.62. The van der Waals surface area contributed by atoms with E-state index in [0.717, 1.165) is 24.9 Å². The Bertz CT molecular complexity index is 3360. The van der Waals surface area contributed by atoms with Gasteiger partial charge in [-0.1, -0.05) is 219 Å². The predicted octanol–water partition coefficient (Wildman–Crippen LogP) is 17.7. The Hall–Kier alpha value is -6.96. The molecule has 4 aliphatic carbocycles.